The van der Waals surface area contributed by atoms with E-state index < -0.39 is 6.09 Å². The van der Waals surface area contributed by atoms with Crippen LogP contribution < -0.4 is 15.5 Å². The second-order valence-electron chi connectivity index (χ2n) is 6.15. The third kappa shape index (κ3) is 3.17. The topological polar surface area (TPSA) is 106 Å². The monoisotopic (exact) mass is 416 g/mol. The van der Waals surface area contributed by atoms with Gasteiger partial charge in [0.15, 0.2) is 0 Å². The molecule has 1 aliphatic rings. The number of aromatic amines is 1. The van der Waals surface area contributed by atoms with Crippen LogP contribution in [0.15, 0.2) is 41.4 Å². The Bertz CT molecular complexity index is 939. The molecule has 0 radical (unpaired) electrons. The maximum Gasteiger partial charge on any atom is 0.405 e. The SMILES string of the molecule is O=C(O)NC1CN(c2c(Br)cnc3[nH]cc(NCc4cccnc4)c23)C1. The first-order valence-corrected chi connectivity index (χ1v) is 8.94. The molecule has 4 N–H and O–H groups in total. The lowest BCUT2D eigenvalue weighted by Crippen LogP contribution is -2.59. The molecule has 0 saturated carbocycles. The molecule has 0 aliphatic carbocycles. The Kier molecular flexibility index (Phi) is 4.37. The number of H-pyrrole nitrogens is 1. The second kappa shape index (κ2) is 6.83. The Morgan fingerprint density at radius 3 is 3.00 bits per heavy atom. The van der Waals surface area contributed by atoms with Gasteiger partial charge >= 0.3 is 6.09 Å². The third-order valence-corrected chi connectivity index (χ3v) is 4.94. The fourth-order valence-corrected chi connectivity index (χ4v) is 3.68. The molecule has 3 aromatic rings. The number of fused-ring (bicyclic) bond motifs is 1. The lowest BCUT2D eigenvalue weighted by atomic mass is 10.1. The summed E-state index contributed by atoms with van der Waals surface area (Å²) in [6.45, 7) is 1.89. The van der Waals surface area contributed by atoms with E-state index in [0.717, 1.165) is 32.4 Å². The summed E-state index contributed by atoms with van der Waals surface area (Å²) in [5.74, 6) is 0. The maximum atomic E-state index is 10.8. The summed E-state index contributed by atoms with van der Waals surface area (Å²) in [6.07, 6.45) is 6.25. The Morgan fingerprint density at radius 1 is 1.42 bits per heavy atom. The number of hydrogen-bond donors (Lipinski definition) is 4. The number of halogens is 1. The molecule has 0 atom stereocenters. The summed E-state index contributed by atoms with van der Waals surface area (Å²) >= 11 is 3.59. The standard InChI is InChI=1S/C17H17BrN6O2/c18-12-6-21-16-14(15(12)24-8-11(9-24)23-17(25)26)13(7-22-16)20-5-10-2-1-3-19-4-10/h1-4,6-7,11,20,23H,5,8-9H2,(H,21,22)(H,25,26). The maximum absolute atomic E-state index is 10.8. The first kappa shape index (κ1) is 16.6. The fourth-order valence-electron chi connectivity index (χ4n) is 3.13. The van der Waals surface area contributed by atoms with Gasteiger partial charge < -0.3 is 25.6 Å². The van der Waals surface area contributed by atoms with E-state index in [-0.39, 0.29) is 6.04 Å². The molecule has 9 heteroatoms. The average Bonchev–Trinajstić information content (AvgIpc) is 3.00. The van der Waals surface area contributed by atoms with Crippen molar-refractivity contribution in [3.05, 3.63) is 47.0 Å². The molecule has 0 spiro atoms. The van der Waals surface area contributed by atoms with Gasteiger partial charge in [-0.1, -0.05) is 6.07 Å². The molecule has 0 unspecified atom stereocenters. The quantitative estimate of drug-likeness (QED) is 0.509. The summed E-state index contributed by atoms with van der Waals surface area (Å²) in [4.78, 5) is 24.7. The van der Waals surface area contributed by atoms with E-state index in [1.165, 1.54) is 0 Å². The van der Waals surface area contributed by atoms with Crippen LogP contribution in [0.25, 0.3) is 11.0 Å². The highest BCUT2D eigenvalue weighted by atomic mass is 79.9. The van der Waals surface area contributed by atoms with Crippen molar-refractivity contribution in [2.45, 2.75) is 12.6 Å². The normalized spacial score (nSPS) is 14.3. The van der Waals surface area contributed by atoms with Crippen LogP contribution in [0.1, 0.15) is 5.56 Å². The summed E-state index contributed by atoms with van der Waals surface area (Å²) in [5, 5.41) is 15.8. The highest BCUT2D eigenvalue weighted by molar-refractivity contribution is 9.10. The molecule has 26 heavy (non-hydrogen) atoms. The van der Waals surface area contributed by atoms with Gasteiger partial charge in [0, 0.05) is 44.4 Å². The molecule has 0 bridgehead atoms. The first-order chi connectivity index (χ1) is 12.6. The molecule has 1 amide bonds. The predicted molar refractivity (Wildman–Crippen MR) is 103 cm³/mol. The van der Waals surface area contributed by atoms with Gasteiger partial charge in [0.05, 0.1) is 27.3 Å². The van der Waals surface area contributed by atoms with E-state index in [2.05, 4.69) is 46.4 Å². The zero-order valence-corrected chi connectivity index (χ0v) is 15.3. The predicted octanol–water partition coefficient (Wildman–Crippen LogP) is 2.79. The van der Waals surface area contributed by atoms with Crippen LogP contribution in [0.5, 0.6) is 0 Å². The molecule has 1 aliphatic heterocycles. The molecule has 4 rings (SSSR count). The minimum absolute atomic E-state index is 0.0617. The Labute approximate surface area is 157 Å². The summed E-state index contributed by atoms with van der Waals surface area (Å²) in [6, 6.07) is 3.86. The molecule has 8 nitrogen and oxygen atoms in total. The number of aromatic nitrogens is 3. The van der Waals surface area contributed by atoms with Crippen molar-refractivity contribution in [2.24, 2.45) is 0 Å². The number of nitrogens with one attached hydrogen (secondary N) is 3. The molecule has 3 aromatic heterocycles. The number of pyridine rings is 2. The molecule has 1 saturated heterocycles. The molecular formula is C17H17BrN6O2. The number of nitrogens with zero attached hydrogens (tertiary/aromatic N) is 3. The van der Waals surface area contributed by atoms with E-state index in [1.54, 1.807) is 12.4 Å². The average molecular weight is 417 g/mol. The summed E-state index contributed by atoms with van der Waals surface area (Å²) < 4.78 is 0.878. The summed E-state index contributed by atoms with van der Waals surface area (Å²) in [5.41, 5.74) is 3.82. The highest BCUT2D eigenvalue weighted by Gasteiger charge is 2.31. The van der Waals surface area contributed by atoms with Gasteiger partial charge in [0.1, 0.15) is 5.65 Å². The number of rotatable bonds is 5. The van der Waals surface area contributed by atoms with Gasteiger partial charge in [-0.15, -0.1) is 0 Å². The van der Waals surface area contributed by atoms with Crippen LogP contribution in [-0.4, -0.2) is 45.3 Å². The Hall–Kier alpha value is -2.81. The zero-order valence-electron chi connectivity index (χ0n) is 13.7. The molecule has 4 heterocycles. The molecular weight excluding hydrogens is 400 g/mol. The number of anilines is 2. The van der Waals surface area contributed by atoms with Crippen molar-refractivity contribution < 1.29 is 9.90 Å². The van der Waals surface area contributed by atoms with Gasteiger partial charge in [-0.2, -0.15) is 0 Å². The van der Waals surface area contributed by atoms with Crippen molar-refractivity contribution in [2.75, 3.05) is 23.3 Å². The molecule has 134 valence electrons. The van der Waals surface area contributed by atoms with E-state index >= 15 is 0 Å². The Balaban J connectivity index is 1.60. The largest absolute Gasteiger partial charge is 0.465 e. The number of carbonyl (C=O) groups is 1. The number of hydrogen-bond acceptors (Lipinski definition) is 5. The second-order valence-corrected chi connectivity index (χ2v) is 7.00. The van der Waals surface area contributed by atoms with Crippen molar-refractivity contribution >= 4 is 44.4 Å². The Morgan fingerprint density at radius 2 is 2.27 bits per heavy atom. The lowest BCUT2D eigenvalue weighted by molar-refractivity contribution is 0.187. The molecule has 0 aromatic carbocycles. The van der Waals surface area contributed by atoms with Gasteiger partial charge in [-0.25, -0.2) is 9.78 Å². The summed E-state index contributed by atoms with van der Waals surface area (Å²) in [7, 11) is 0. The lowest BCUT2D eigenvalue weighted by Gasteiger charge is -2.41. The smallest absolute Gasteiger partial charge is 0.405 e. The van der Waals surface area contributed by atoms with Crippen LogP contribution in [0.2, 0.25) is 0 Å². The van der Waals surface area contributed by atoms with Crippen molar-refractivity contribution in [3.63, 3.8) is 0 Å². The first-order valence-electron chi connectivity index (χ1n) is 8.14. The van der Waals surface area contributed by atoms with Crippen molar-refractivity contribution in [3.8, 4) is 0 Å². The van der Waals surface area contributed by atoms with Crippen LogP contribution in [0.4, 0.5) is 16.2 Å². The zero-order chi connectivity index (χ0) is 18.1. The van der Waals surface area contributed by atoms with E-state index in [1.807, 2.05) is 24.5 Å². The third-order valence-electron chi connectivity index (χ3n) is 4.36. The van der Waals surface area contributed by atoms with Gasteiger partial charge in [0.25, 0.3) is 0 Å². The van der Waals surface area contributed by atoms with Crippen LogP contribution in [0.3, 0.4) is 0 Å². The minimum atomic E-state index is -0.992. The number of carboxylic acid groups (broad SMARTS) is 1. The molecule has 1 fully saturated rings. The van der Waals surface area contributed by atoms with Gasteiger partial charge in [-0.05, 0) is 27.6 Å². The van der Waals surface area contributed by atoms with Crippen LogP contribution >= 0.6 is 15.9 Å². The fraction of sp³-hybridized carbons (Fsp3) is 0.235. The van der Waals surface area contributed by atoms with Crippen LogP contribution in [-0.2, 0) is 6.54 Å². The van der Waals surface area contributed by atoms with E-state index in [0.29, 0.717) is 19.6 Å². The van der Waals surface area contributed by atoms with Crippen molar-refractivity contribution in [1.82, 2.24) is 20.3 Å². The highest BCUT2D eigenvalue weighted by Crippen LogP contribution is 2.39. The van der Waals surface area contributed by atoms with E-state index in [9.17, 15) is 4.79 Å². The van der Waals surface area contributed by atoms with Crippen LogP contribution in [0, 0.1) is 0 Å². The minimum Gasteiger partial charge on any atom is -0.465 e. The van der Waals surface area contributed by atoms with Crippen molar-refractivity contribution in [1.29, 1.82) is 0 Å². The van der Waals surface area contributed by atoms with Gasteiger partial charge in [0.2, 0.25) is 0 Å². The van der Waals surface area contributed by atoms with E-state index in [4.69, 9.17) is 5.11 Å². The number of amides is 1. The van der Waals surface area contributed by atoms with Gasteiger partial charge in [-0.3, -0.25) is 4.98 Å².